The summed E-state index contributed by atoms with van der Waals surface area (Å²) in [6.45, 7) is 0. The minimum Gasteiger partial charge on any atom is -0.480 e. The van der Waals surface area contributed by atoms with E-state index in [4.69, 9.17) is 0 Å². The Morgan fingerprint density at radius 3 is 1.24 bits per heavy atom. The van der Waals surface area contributed by atoms with Gasteiger partial charge in [-0.15, -0.1) is 0 Å². The molecule has 0 aliphatic rings. The van der Waals surface area contributed by atoms with Gasteiger partial charge in [0.1, 0.15) is 12.1 Å². The average molecular weight is 813 g/mol. The molecule has 0 amide bonds. The molecule has 0 fully saturated rings. The molecule has 4 aromatic carbocycles. The fourth-order valence-corrected chi connectivity index (χ4v) is 9.45. The number of rotatable bonds is 19. The second-order valence-electron chi connectivity index (χ2n) is 12.0. The summed E-state index contributed by atoms with van der Waals surface area (Å²) in [6.07, 6.45) is 0. The fraction of sp³-hybridized carbons (Fsp3) is 0.229. The van der Waals surface area contributed by atoms with E-state index in [1.807, 2.05) is 74.4 Å². The Morgan fingerprint density at radius 1 is 0.593 bits per heavy atom. The van der Waals surface area contributed by atoms with Gasteiger partial charge in [-0.3, -0.25) is 9.59 Å². The summed E-state index contributed by atoms with van der Waals surface area (Å²) in [7, 11) is 2.10. The van der Waals surface area contributed by atoms with Crippen molar-refractivity contribution in [1.82, 2.24) is 9.44 Å². The van der Waals surface area contributed by atoms with E-state index in [9.17, 15) is 32.4 Å². The summed E-state index contributed by atoms with van der Waals surface area (Å²) in [5, 5.41) is 36.2. The van der Waals surface area contributed by atoms with Crippen molar-refractivity contribution in [2.75, 3.05) is 49.5 Å². The number of nitrogens with one attached hydrogen (secondary N) is 2. The van der Waals surface area contributed by atoms with Crippen molar-refractivity contribution >= 4 is 93.3 Å². The van der Waals surface area contributed by atoms with Crippen LogP contribution in [-0.4, -0.2) is 92.4 Å². The van der Waals surface area contributed by atoms with Crippen LogP contribution in [0.3, 0.4) is 0 Å². The van der Waals surface area contributed by atoms with Crippen LogP contribution in [0.15, 0.2) is 127 Å². The number of aliphatic carboxylic acids is 2. The first-order valence-corrected chi connectivity index (χ1v) is 21.7. The Kier molecular flexibility index (Phi) is 14.8. The van der Waals surface area contributed by atoms with Crippen molar-refractivity contribution in [3.05, 3.63) is 97.1 Å². The third-order valence-corrected chi connectivity index (χ3v) is 13.0. The van der Waals surface area contributed by atoms with Crippen LogP contribution in [0.1, 0.15) is 0 Å². The predicted molar refractivity (Wildman–Crippen MR) is 218 cm³/mol. The summed E-state index contributed by atoms with van der Waals surface area (Å²) in [5.74, 6) is 0.612. The molecule has 19 heteroatoms. The van der Waals surface area contributed by atoms with E-state index >= 15 is 0 Å². The first-order chi connectivity index (χ1) is 25.5. The Labute approximate surface area is 322 Å². The topological polar surface area (TPSA) is 206 Å². The molecular weight excluding hydrogens is 773 g/mol. The zero-order valence-corrected chi connectivity index (χ0v) is 33.0. The zero-order chi connectivity index (χ0) is 39.5. The predicted octanol–water partition coefficient (Wildman–Crippen LogP) is 6.50. The molecule has 15 nitrogen and oxygen atoms in total. The number of nitrogens with zero attached hydrogens (tertiary/aromatic N) is 6. The van der Waals surface area contributed by atoms with E-state index in [2.05, 4.69) is 35.8 Å². The summed E-state index contributed by atoms with van der Waals surface area (Å²) in [6, 6.07) is 23.6. The quantitative estimate of drug-likeness (QED) is 0.0348. The van der Waals surface area contributed by atoms with Gasteiger partial charge in [0.2, 0.25) is 10.0 Å². The highest BCUT2D eigenvalue weighted by atomic mass is 33.1. The number of sulfonamides is 1. The maximum atomic E-state index is 13.4. The van der Waals surface area contributed by atoms with Crippen LogP contribution in [0.25, 0.3) is 0 Å². The van der Waals surface area contributed by atoms with Crippen LogP contribution in [0.2, 0.25) is 0 Å². The molecule has 0 aliphatic heterocycles. The van der Waals surface area contributed by atoms with Gasteiger partial charge in [-0.05, 0) is 103 Å². The summed E-state index contributed by atoms with van der Waals surface area (Å²) >= 11 is 0. The van der Waals surface area contributed by atoms with E-state index in [1.165, 1.54) is 36.4 Å². The van der Waals surface area contributed by atoms with Crippen molar-refractivity contribution in [1.29, 1.82) is 0 Å². The highest BCUT2D eigenvalue weighted by Gasteiger charge is 2.27. The monoisotopic (exact) mass is 812 g/mol. The molecule has 54 heavy (non-hydrogen) atoms. The molecule has 4 N–H and O–H groups in total. The van der Waals surface area contributed by atoms with Gasteiger partial charge >= 0.3 is 11.9 Å². The van der Waals surface area contributed by atoms with Gasteiger partial charge in [0, 0.05) is 56.0 Å². The van der Waals surface area contributed by atoms with Crippen LogP contribution in [0.4, 0.5) is 34.1 Å². The molecule has 0 bridgehead atoms. The number of azo groups is 2. The molecule has 0 aromatic heterocycles. The van der Waals surface area contributed by atoms with Crippen molar-refractivity contribution in [3.63, 3.8) is 0 Å². The van der Waals surface area contributed by atoms with Crippen LogP contribution >= 0.6 is 21.6 Å². The smallest absolute Gasteiger partial charge is 0.322 e. The van der Waals surface area contributed by atoms with Gasteiger partial charge in [-0.1, -0.05) is 21.6 Å². The lowest BCUT2D eigenvalue weighted by atomic mass is 10.3. The summed E-state index contributed by atoms with van der Waals surface area (Å²) in [4.78, 5) is 27.9. The van der Waals surface area contributed by atoms with Gasteiger partial charge in [-0.2, -0.15) is 25.2 Å². The third kappa shape index (κ3) is 12.4. The molecule has 0 radical (unpaired) electrons. The molecule has 3 unspecified atom stereocenters. The fourth-order valence-electron chi connectivity index (χ4n) is 4.39. The highest BCUT2D eigenvalue weighted by molar-refractivity contribution is 8.76. The van der Waals surface area contributed by atoms with E-state index in [0.717, 1.165) is 33.0 Å². The minimum atomic E-state index is -4.25. The third-order valence-electron chi connectivity index (χ3n) is 7.44. The SMILES string of the molecule is C=S(=O)(NC(CSSCC(NS(=O)(=O)c1ccc(/N=N/c2ccc(N(C)C)cc2)cc1)C(=O)O)C(=O)O)c1ccc(/N=N/c2ccc(N(C)C)cc2)cc1. The van der Waals surface area contributed by atoms with Crippen LogP contribution in [0.5, 0.6) is 0 Å². The minimum absolute atomic E-state index is 0.139. The lowest BCUT2D eigenvalue weighted by Gasteiger charge is -2.18. The van der Waals surface area contributed by atoms with Crippen molar-refractivity contribution in [2.24, 2.45) is 20.5 Å². The van der Waals surface area contributed by atoms with Gasteiger partial charge in [0.05, 0.1) is 37.4 Å². The molecule has 4 aromatic rings. The molecule has 286 valence electrons. The lowest BCUT2D eigenvalue weighted by Crippen LogP contribution is -2.43. The van der Waals surface area contributed by atoms with Gasteiger partial charge < -0.3 is 20.0 Å². The van der Waals surface area contributed by atoms with Gasteiger partial charge in [0.25, 0.3) is 0 Å². The largest absolute Gasteiger partial charge is 0.480 e. The standard InChI is InChI=1S/C35H40N8O7S4/c1-42(2)28-14-6-24(7-15-28)36-38-26-10-18-30(19-11-26)53(5,48)40-32(34(44)45)22-51-52-23-33(35(46)47)41-54(49,50)31-20-12-27(13-21-31)39-37-25-8-16-29(17-9-25)43(3)4/h6-21,32-33,41H,5,22-23H2,1-4H3,(H,40,48)(H,44,45)(H,46,47)/b38-36+,39-37+. The Hall–Kier alpha value is -4.79. The Morgan fingerprint density at radius 2 is 0.907 bits per heavy atom. The zero-order valence-electron chi connectivity index (χ0n) is 29.8. The second kappa shape index (κ2) is 19.0. The number of benzene rings is 4. The molecule has 3 atom stereocenters. The van der Waals surface area contributed by atoms with Gasteiger partial charge in [0.15, 0.2) is 0 Å². The van der Waals surface area contributed by atoms with Crippen molar-refractivity contribution in [3.8, 4) is 0 Å². The molecule has 0 saturated heterocycles. The molecule has 4 rings (SSSR count). The molecule has 0 heterocycles. The first kappa shape index (κ1) is 42.0. The van der Waals surface area contributed by atoms with E-state index < -0.39 is 43.8 Å². The van der Waals surface area contributed by atoms with Crippen LogP contribution < -0.4 is 19.2 Å². The van der Waals surface area contributed by atoms with E-state index in [-0.39, 0.29) is 21.3 Å². The number of anilines is 2. The van der Waals surface area contributed by atoms with Gasteiger partial charge in [-0.25, -0.2) is 17.3 Å². The Balaban J connectivity index is 1.29. The summed E-state index contributed by atoms with van der Waals surface area (Å²) in [5.41, 5.74) is 4.14. The molecule has 0 aliphatic carbocycles. The average Bonchev–Trinajstić information content (AvgIpc) is 3.14. The highest BCUT2D eigenvalue weighted by Crippen LogP contribution is 2.27. The molecule has 0 saturated carbocycles. The number of hydrogen-bond donors (Lipinski definition) is 4. The number of hydrogen-bond acceptors (Lipinski definition) is 13. The molecular formula is C35H40N8O7S4. The van der Waals surface area contributed by atoms with E-state index in [1.54, 1.807) is 24.3 Å². The van der Waals surface area contributed by atoms with Crippen LogP contribution in [0, 0.1) is 0 Å². The van der Waals surface area contributed by atoms with Crippen molar-refractivity contribution in [2.45, 2.75) is 21.9 Å². The number of carboxylic acids is 2. The van der Waals surface area contributed by atoms with Crippen molar-refractivity contribution < 1.29 is 32.4 Å². The maximum absolute atomic E-state index is 13.4. The van der Waals surface area contributed by atoms with Crippen LogP contribution in [-0.2, 0) is 29.3 Å². The first-order valence-electron chi connectivity index (χ1n) is 16.0. The number of carbonyl (C=O) groups is 2. The number of carboxylic acid groups (broad SMARTS) is 2. The van der Waals surface area contributed by atoms with E-state index in [0.29, 0.717) is 22.7 Å². The summed E-state index contributed by atoms with van der Waals surface area (Å²) < 4.78 is 44.2. The second-order valence-corrected chi connectivity index (χ2v) is 18.3. The molecule has 0 spiro atoms. The lowest BCUT2D eigenvalue weighted by molar-refractivity contribution is -0.139. The normalized spacial score (nSPS) is 14.1. The Bertz CT molecular complexity index is 2010. The maximum Gasteiger partial charge on any atom is 0.322 e.